The van der Waals surface area contributed by atoms with Gasteiger partial charge in [-0.2, -0.15) is 0 Å². The fraction of sp³-hybridized carbons (Fsp3) is 0.667. The van der Waals surface area contributed by atoms with Gasteiger partial charge in [0.1, 0.15) is 0 Å². The first kappa shape index (κ1) is 9.13. The van der Waals surface area contributed by atoms with Crippen LogP contribution in [0.4, 0.5) is 5.95 Å². The Morgan fingerprint density at radius 1 is 1.13 bits per heavy atom. The first-order valence-corrected chi connectivity index (χ1v) is 5.88. The van der Waals surface area contributed by atoms with Gasteiger partial charge in [0, 0.05) is 18.4 Å². The Morgan fingerprint density at radius 3 is 2.13 bits per heavy atom. The molecule has 0 aromatic carbocycles. The second-order valence-corrected chi connectivity index (χ2v) is 4.93. The Kier molecular flexibility index (Phi) is 2.11. The molecule has 2 saturated carbocycles. The van der Waals surface area contributed by atoms with E-state index in [0.717, 1.165) is 23.3 Å². The zero-order valence-electron chi connectivity index (χ0n) is 9.11. The van der Waals surface area contributed by atoms with Crippen molar-refractivity contribution in [2.75, 3.05) is 5.32 Å². The van der Waals surface area contributed by atoms with E-state index in [2.05, 4.69) is 15.3 Å². The van der Waals surface area contributed by atoms with Crippen LogP contribution in [0.25, 0.3) is 0 Å². The molecule has 3 nitrogen and oxygen atoms in total. The second kappa shape index (κ2) is 3.47. The third kappa shape index (κ3) is 2.11. The summed E-state index contributed by atoms with van der Waals surface area (Å²) in [5.41, 5.74) is 1.12. The van der Waals surface area contributed by atoms with Gasteiger partial charge in [0.25, 0.3) is 0 Å². The van der Waals surface area contributed by atoms with Crippen molar-refractivity contribution in [2.24, 2.45) is 11.8 Å². The van der Waals surface area contributed by atoms with Crippen LogP contribution in [-0.4, -0.2) is 16.0 Å². The number of anilines is 1. The van der Waals surface area contributed by atoms with Crippen molar-refractivity contribution >= 4 is 5.95 Å². The summed E-state index contributed by atoms with van der Waals surface area (Å²) in [5.74, 6) is 2.59. The molecule has 1 aromatic heterocycles. The summed E-state index contributed by atoms with van der Waals surface area (Å²) in [6.45, 7) is 2.02. The first-order valence-electron chi connectivity index (χ1n) is 5.88. The summed E-state index contributed by atoms with van der Waals surface area (Å²) in [5, 5.41) is 3.51. The van der Waals surface area contributed by atoms with Gasteiger partial charge in [0.2, 0.25) is 5.95 Å². The highest BCUT2D eigenvalue weighted by Gasteiger charge is 2.41. The molecule has 0 amide bonds. The topological polar surface area (TPSA) is 37.8 Å². The first-order chi connectivity index (χ1) is 7.33. The van der Waals surface area contributed by atoms with Crippen LogP contribution in [-0.2, 0) is 0 Å². The second-order valence-electron chi connectivity index (χ2n) is 4.93. The fourth-order valence-corrected chi connectivity index (χ4v) is 2.15. The monoisotopic (exact) mass is 203 g/mol. The number of aromatic nitrogens is 2. The van der Waals surface area contributed by atoms with Crippen LogP contribution in [0.3, 0.4) is 0 Å². The zero-order valence-corrected chi connectivity index (χ0v) is 9.11. The average Bonchev–Trinajstić information content (AvgIpc) is 3.11. The lowest BCUT2D eigenvalue weighted by Crippen LogP contribution is -2.25. The van der Waals surface area contributed by atoms with E-state index in [1.165, 1.54) is 25.7 Å². The number of rotatable bonds is 4. The van der Waals surface area contributed by atoms with E-state index >= 15 is 0 Å². The summed E-state index contributed by atoms with van der Waals surface area (Å²) in [6, 6.07) is 0.646. The van der Waals surface area contributed by atoms with E-state index in [-0.39, 0.29) is 0 Å². The summed E-state index contributed by atoms with van der Waals surface area (Å²) < 4.78 is 0. The maximum absolute atomic E-state index is 4.32. The molecular formula is C12H17N3. The average molecular weight is 203 g/mol. The summed E-state index contributed by atoms with van der Waals surface area (Å²) in [6.07, 6.45) is 9.32. The Labute approximate surface area is 90.3 Å². The molecule has 1 heterocycles. The maximum atomic E-state index is 4.32. The third-order valence-electron chi connectivity index (χ3n) is 3.34. The van der Waals surface area contributed by atoms with Crippen LogP contribution in [0.2, 0.25) is 0 Å². The SMILES string of the molecule is Cc1cnc(NC(C2CC2)C2CC2)nc1. The molecule has 0 radical (unpaired) electrons. The minimum absolute atomic E-state index is 0.646. The molecule has 1 aromatic rings. The quantitative estimate of drug-likeness (QED) is 0.816. The van der Waals surface area contributed by atoms with E-state index in [4.69, 9.17) is 0 Å². The van der Waals surface area contributed by atoms with Crippen LogP contribution in [0.5, 0.6) is 0 Å². The Balaban J connectivity index is 1.69. The molecule has 2 aliphatic rings. The van der Waals surface area contributed by atoms with Crippen LogP contribution < -0.4 is 5.32 Å². The predicted octanol–water partition coefficient (Wildman–Crippen LogP) is 2.39. The Hall–Kier alpha value is -1.12. The highest BCUT2D eigenvalue weighted by molar-refractivity contribution is 5.28. The lowest BCUT2D eigenvalue weighted by molar-refractivity contribution is 0.563. The smallest absolute Gasteiger partial charge is 0.222 e. The molecular weight excluding hydrogens is 186 g/mol. The van der Waals surface area contributed by atoms with Gasteiger partial charge in [-0.15, -0.1) is 0 Å². The van der Waals surface area contributed by atoms with Crippen molar-refractivity contribution in [1.82, 2.24) is 9.97 Å². The number of hydrogen-bond donors (Lipinski definition) is 1. The fourth-order valence-electron chi connectivity index (χ4n) is 2.15. The van der Waals surface area contributed by atoms with Crippen molar-refractivity contribution in [1.29, 1.82) is 0 Å². The van der Waals surface area contributed by atoms with Gasteiger partial charge in [0.05, 0.1) is 0 Å². The van der Waals surface area contributed by atoms with Gasteiger partial charge in [-0.1, -0.05) is 0 Å². The molecule has 2 aliphatic carbocycles. The lowest BCUT2D eigenvalue weighted by atomic mass is 10.1. The maximum Gasteiger partial charge on any atom is 0.222 e. The summed E-state index contributed by atoms with van der Waals surface area (Å²) in [4.78, 5) is 8.63. The van der Waals surface area contributed by atoms with Gasteiger partial charge in [0.15, 0.2) is 0 Å². The number of nitrogens with zero attached hydrogens (tertiary/aromatic N) is 2. The number of aryl methyl sites for hydroxylation is 1. The van der Waals surface area contributed by atoms with Crippen LogP contribution in [0, 0.1) is 18.8 Å². The molecule has 3 rings (SSSR count). The zero-order chi connectivity index (χ0) is 10.3. The van der Waals surface area contributed by atoms with E-state index in [9.17, 15) is 0 Å². The molecule has 15 heavy (non-hydrogen) atoms. The molecule has 0 aliphatic heterocycles. The van der Waals surface area contributed by atoms with Crippen LogP contribution in [0.1, 0.15) is 31.2 Å². The van der Waals surface area contributed by atoms with E-state index < -0.39 is 0 Å². The molecule has 80 valence electrons. The molecule has 2 fully saturated rings. The number of hydrogen-bond acceptors (Lipinski definition) is 3. The lowest BCUT2D eigenvalue weighted by Gasteiger charge is -2.17. The van der Waals surface area contributed by atoms with Gasteiger partial charge in [-0.3, -0.25) is 0 Å². The van der Waals surface area contributed by atoms with Gasteiger partial charge in [-0.05, 0) is 50.0 Å². The van der Waals surface area contributed by atoms with Crippen molar-refractivity contribution in [3.8, 4) is 0 Å². The molecule has 1 N–H and O–H groups in total. The van der Waals surface area contributed by atoms with Crippen molar-refractivity contribution in [2.45, 2.75) is 38.6 Å². The normalized spacial score (nSPS) is 20.7. The summed E-state index contributed by atoms with van der Waals surface area (Å²) >= 11 is 0. The minimum atomic E-state index is 0.646. The molecule has 0 atom stereocenters. The van der Waals surface area contributed by atoms with Crippen LogP contribution in [0.15, 0.2) is 12.4 Å². The predicted molar refractivity (Wildman–Crippen MR) is 59.6 cm³/mol. The molecule has 0 bridgehead atoms. The highest BCUT2D eigenvalue weighted by Crippen LogP contribution is 2.45. The largest absolute Gasteiger partial charge is 0.351 e. The standard InChI is InChI=1S/C12H17N3/c1-8-6-13-12(14-7-8)15-11(9-2-3-9)10-4-5-10/h6-7,9-11H,2-5H2,1H3,(H,13,14,15). The van der Waals surface area contributed by atoms with E-state index in [1.807, 2.05) is 19.3 Å². The van der Waals surface area contributed by atoms with Crippen molar-refractivity contribution in [3.05, 3.63) is 18.0 Å². The van der Waals surface area contributed by atoms with E-state index in [0.29, 0.717) is 6.04 Å². The van der Waals surface area contributed by atoms with Gasteiger partial charge < -0.3 is 5.32 Å². The Morgan fingerprint density at radius 2 is 1.67 bits per heavy atom. The molecule has 0 saturated heterocycles. The molecule has 0 unspecified atom stereocenters. The number of nitrogens with one attached hydrogen (secondary N) is 1. The molecule has 3 heteroatoms. The van der Waals surface area contributed by atoms with Gasteiger partial charge in [-0.25, -0.2) is 9.97 Å². The van der Waals surface area contributed by atoms with Gasteiger partial charge >= 0.3 is 0 Å². The third-order valence-corrected chi connectivity index (χ3v) is 3.34. The van der Waals surface area contributed by atoms with E-state index in [1.54, 1.807) is 0 Å². The minimum Gasteiger partial charge on any atom is -0.351 e. The van der Waals surface area contributed by atoms with Crippen LogP contribution >= 0.6 is 0 Å². The van der Waals surface area contributed by atoms with Crippen molar-refractivity contribution < 1.29 is 0 Å². The summed E-state index contributed by atoms with van der Waals surface area (Å²) in [7, 11) is 0. The highest BCUT2D eigenvalue weighted by atomic mass is 15.1. The Bertz CT molecular complexity index is 326. The van der Waals surface area contributed by atoms with Crippen molar-refractivity contribution in [3.63, 3.8) is 0 Å². The molecule has 0 spiro atoms.